The lowest BCUT2D eigenvalue weighted by atomic mass is 10.2. The van der Waals surface area contributed by atoms with Crippen LogP contribution in [0.1, 0.15) is 13.3 Å². The Hall–Kier alpha value is -2.29. The zero-order valence-electron chi connectivity index (χ0n) is 11.6. The first-order valence-electron chi connectivity index (χ1n) is 6.33. The fourth-order valence-electron chi connectivity index (χ4n) is 1.84. The van der Waals surface area contributed by atoms with Crippen LogP contribution in [0, 0.1) is 0 Å². The predicted molar refractivity (Wildman–Crippen MR) is 75.6 cm³/mol. The molecule has 2 rings (SSSR count). The molecule has 0 aliphatic carbocycles. The Morgan fingerprint density at radius 3 is 2.86 bits per heavy atom. The van der Waals surface area contributed by atoms with Gasteiger partial charge in [-0.25, -0.2) is 4.79 Å². The SMILES string of the molecule is CCC(C(=O)O)N(C)C(=O)Cn1nnc(-c2cccs2)n1. The molecule has 0 fully saturated rings. The van der Waals surface area contributed by atoms with Gasteiger partial charge in [0, 0.05) is 7.05 Å². The lowest BCUT2D eigenvalue weighted by Gasteiger charge is -2.23. The summed E-state index contributed by atoms with van der Waals surface area (Å²) in [7, 11) is 1.46. The molecular formula is C12H15N5O3S. The Labute approximate surface area is 125 Å². The van der Waals surface area contributed by atoms with E-state index in [4.69, 9.17) is 5.11 Å². The molecule has 9 heteroatoms. The average molecular weight is 309 g/mol. The van der Waals surface area contributed by atoms with E-state index >= 15 is 0 Å². The van der Waals surface area contributed by atoms with E-state index in [0.717, 1.165) is 4.88 Å². The van der Waals surface area contributed by atoms with Crippen molar-refractivity contribution >= 4 is 23.2 Å². The van der Waals surface area contributed by atoms with Crippen molar-refractivity contribution in [2.45, 2.75) is 25.9 Å². The Balaban J connectivity index is 2.04. The minimum atomic E-state index is -1.03. The average Bonchev–Trinajstić information content (AvgIpc) is 3.08. The lowest BCUT2D eigenvalue weighted by molar-refractivity contribution is -0.149. The van der Waals surface area contributed by atoms with Crippen LogP contribution in [-0.2, 0) is 16.1 Å². The Kier molecular flexibility index (Phi) is 4.63. The van der Waals surface area contributed by atoms with Crippen molar-refractivity contribution in [3.63, 3.8) is 0 Å². The van der Waals surface area contributed by atoms with Gasteiger partial charge in [-0.15, -0.1) is 21.5 Å². The van der Waals surface area contributed by atoms with Gasteiger partial charge in [0.1, 0.15) is 12.6 Å². The molecule has 1 unspecified atom stereocenters. The van der Waals surface area contributed by atoms with Gasteiger partial charge in [0.15, 0.2) is 0 Å². The molecule has 112 valence electrons. The second-order valence-electron chi connectivity index (χ2n) is 4.39. The predicted octanol–water partition coefficient (Wildman–Crippen LogP) is 0.723. The highest BCUT2D eigenvalue weighted by Crippen LogP contribution is 2.19. The van der Waals surface area contributed by atoms with Gasteiger partial charge >= 0.3 is 5.97 Å². The van der Waals surface area contributed by atoms with Gasteiger partial charge in [0.2, 0.25) is 11.7 Å². The van der Waals surface area contributed by atoms with Gasteiger partial charge in [-0.05, 0) is 23.1 Å². The largest absolute Gasteiger partial charge is 0.480 e. The van der Waals surface area contributed by atoms with Crippen molar-refractivity contribution < 1.29 is 14.7 Å². The molecule has 2 aromatic rings. The molecule has 8 nitrogen and oxygen atoms in total. The van der Waals surface area contributed by atoms with E-state index in [-0.39, 0.29) is 12.5 Å². The molecule has 0 radical (unpaired) electrons. The molecular weight excluding hydrogens is 294 g/mol. The first kappa shape index (κ1) is 15.1. The summed E-state index contributed by atoms with van der Waals surface area (Å²) in [4.78, 5) is 26.3. The van der Waals surface area contributed by atoms with Crippen LogP contribution in [0.25, 0.3) is 10.7 Å². The van der Waals surface area contributed by atoms with E-state index in [1.165, 1.54) is 28.1 Å². The van der Waals surface area contributed by atoms with Crippen LogP contribution in [0.2, 0.25) is 0 Å². The molecule has 0 spiro atoms. The molecule has 0 bridgehead atoms. The Morgan fingerprint density at radius 2 is 2.29 bits per heavy atom. The van der Waals surface area contributed by atoms with Crippen LogP contribution in [0.3, 0.4) is 0 Å². The van der Waals surface area contributed by atoms with Crippen LogP contribution >= 0.6 is 11.3 Å². The lowest BCUT2D eigenvalue weighted by Crippen LogP contribution is -2.43. The third kappa shape index (κ3) is 3.43. The second-order valence-corrected chi connectivity index (χ2v) is 5.34. The number of aliphatic carboxylic acids is 1. The van der Waals surface area contributed by atoms with Gasteiger partial charge in [0.05, 0.1) is 4.88 Å². The van der Waals surface area contributed by atoms with Gasteiger partial charge < -0.3 is 10.0 Å². The van der Waals surface area contributed by atoms with Crippen molar-refractivity contribution in [1.82, 2.24) is 25.1 Å². The number of thiophene rings is 1. The van der Waals surface area contributed by atoms with Gasteiger partial charge in [-0.3, -0.25) is 4.79 Å². The number of tetrazole rings is 1. The smallest absolute Gasteiger partial charge is 0.326 e. The summed E-state index contributed by atoms with van der Waals surface area (Å²) in [6.45, 7) is 1.57. The minimum Gasteiger partial charge on any atom is -0.480 e. The van der Waals surface area contributed by atoms with Crippen LogP contribution in [0.15, 0.2) is 17.5 Å². The summed E-state index contributed by atoms with van der Waals surface area (Å²) < 4.78 is 0. The highest BCUT2D eigenvalue weighted by molar-refractivity contribution is 7.13. The number of carbonyl (C=O) groups is 2. The van der Waals surface area contributed by atoms with Crippen LogP contribution < -0.4 is 0 Å². The Morgan fingerprint density at radius 1 is 1.52 bits per heavy atom. The number of nitrogens with zero attached hydrogens (tertiary/aromatic N) is 5. The summed E-state index contributed by atoms with van der Waals surface area (Å²) in [5.41, 5.74) is 0. The number of hydrogen-bond donors (Lipinski definition) is 1. The molecule has 0 aromatic carbocycles. The topological polar surface area (TPSA) is 101 Å². The molecule has 0 aliphatic rings. The van der Waals surface area contributed by atoms with E-state index in [9.17, 15) is 9.59 Å². The monoisotopic (exact) mass is 309 g/mol. The zero-order valence-corrected chi connectivity index (χ0v) is 12.4. The number of carboxylic acid groups (broad SMARTS) is 1. The fraction of sp³-hybridized carbons (Fsp3) is 0.417. The molecule has 1 N–H and O–H groups in total. The summed E-state index contributed by atoms with van der Waals surface area (Å²) in [5.74, 6) is -0.954. The van der Waals surface area contributed by atoms with Crippen molar-refractivity contribution in [2.75, 3.05) is 7.05 Å². The van der Waals surface area contributed by atoms with E-state index in [2.05, 4.69) is 15.4 Å². The summed E-state index contributed by atoms with van der Waals surface area (Å²) in [6.07, 6.45) is 0.336. The number of carbonyl (C=O) groups excluding carboxylic acids is 1. The molecule has 0 saturated carbocycles. The molecule has 0 aliphatic heterocycles. The standard InChI is InChI=1S/C12H15N5O3S/c1-3-8(12(19)20)16(2)10(18)7-17-14-11(13-15-17)9-5-4-6-21-9/h4-6,8H,3,7H2,1-2H3,(H,19,20). The summed E-state index contributed by atoms with van der Waals surface area (Å²) in [6, 6.07) is 2.88. The zero-order chi connectivity index (χ0) is 15.4. The first-order valence-corrected chi connectivity index (χ1v) is 7.21. The molecule has 1 atom stereocenters. The number of amides is 1. The second kappa shape index (κ2) is 6.44. The van der Waals surface area contributed by atoms with Crippen molar-refractivity contribution in [3.8, 4) is 10.7 Å². The van der Waals surface area contributed by atoms with E-state index < -0.39 is 12.0 Å². The third-order valence-corrected chi connectivity index (χ3v) is 3.87. The van der Waals surface area contributed by atoms with Crippen LogP contribution in [0.5, 0.6) is 0 Å². The number of rotatable bonds is 6. The normalized spacial score (nSPS) is 12.1. The molecule has 2 heterocycles. The van der Waals surface area contributed by atoms with Crippen molar-refractivity contribution in [2.24, 2.45) is 0 Å². The summed E-state index contributed by atoms with van der Waals surface area (Å²) in [5, 5.41) is 22.7. The third-order valence-electron chi connectivity index (χ3n) is 3.00. The van der Waals surface area contributed by atoms with Crippen molar-refractivity contribution in [1.29, 1.82) is 0 Å². The maximum atomic E-state index is 12.0. The Bertz CT molecular complexity index is 625. The maximum Gasteiger partial charge on any atom is 0.326 e. The van der Waals surface area contributed by atoms with Crippen LogP contribution in [-0.4, -0.2) is 55.2 Å². The summed E-state index contributed by atoms with van der Waals surface area (Å²) >= 11 is 1.48. The highest BCUT2D eigenvalue weighted by Gasteiger charge is 2.25. The number of aromatic nitrogens is 4. The number of hydrogen-bond acceptors (Lipinski definition) is 6. The van der Waals surface area contributed by atoms with E-state index in [1.54, 1.807) is 6.92 Å². The quantitative estimate of drug-likeness (QED) is 0.844. The molecule has 0 saturated heterocycles. The van der Waals surface area contributed by atoms with Gasteiger partial charge in [-0.2, -0.15) is 4.80 Å². The maximum absolute atomic E-state index is 12.0. The first-order chi connectivity index (χ1) is 10.0. The van der Waals surface area contributed by atoms with Crippen molar-refractivity contribution in [3.05, 3.63) is 17.5 Å². The fourth-order valence-corrected chi connectivity index (χ4v) is 2.48. The van der Waals surface area contributed by atoms with Gasteiger partial charge in [0.25, 0.3) is 0 Å². The van der Waals surface area contributed by atoms with Crippen LogP contribution in [0.4, 0.5) is 0 Å². The van der Waals surface area contributed by atoms with E-state index in [1.807, 2.05) is 17.5 Å². The molecule has 2 aromatic heterocycles. The highest BCUT2D eigenvalue weighted by atomic mass is 32.1. The number of likely N-dealkylation sites (N-methyl/N-ethyl adjacent to an activating group) is 1. The minimum absolute atomic E-state index is 0.140. The molecule has 21 heavy (non-hydrogen) atoms. The van der Waals surface area contributed by atoms with Gasteiger partial charge in [-0.1, -0.05) is 13.0 Å². The molecule has 1 amide bonds. The number of carboxylic acids is 1. The van der Waals surface area contributed by atoms with E-state index in [0.29, 0.717) is 12.2 Å².